The molecule has 0 saturated heterocycles. The van der Waals surface area contributed by atoms with Crippen LogP contribution in [0.5, 0.6) is 0 Å². The Morgan fingerprint density at radius 3 is 2.76 bits per heavy atom. The van der Waals surface area contributed by atoms with Crippen molar-refractivity contribution in [3.63, 3.8) is 0 Å². The lowest BCUT2D eigenvalue weighted by molar-refractivity contribution is -0.124. The number of carbonyl (C=O) groups excluding carboxylic acids is 2. The number of fused-ring (bicyclic) bond motifs is 3. The smallest absolute Gasteiger partial charge is 0.216 e. The molecule has 3 aromatic rings. The Balaban J connectivity index is 1.68. The summed E-state index contributed by atoms with van der Waals surface area (Å²) in [5.41, 5.74) is 5.01. The van der Waals surface area contributed by atoms with E-state index in [9.17, 15) is 9.59 Å². The quantitative estimate of drug-likeness (QED) is 0.463. The number of halogens is 1. The van der Waals surface area contributed by atoms with Gasteiger partial charge in [-0.1, -0.05) is 32.1 Å². The molecule has 1 amide bonds. The van der Waals surface area contributed by atoms with Crippen LogP contribution < -0.4 is 5.32 Å². The minimum Gasteiger partial charge on any atom is -0.356 e. The van der Waals surface area contributed by atoms with E-state index in [1.807, 2.05) is 38.1 Å². The molecule has 1 N–H and O–H groups in total. The highest BCUT2D eigenvalue weighted by atomic mass is 19.1. The number of Topliss-reactive ketones (excluding diaryl/α,β-unsaturated/α-hetero) is 1. The molecule has 5 rings (SSSR count). The second kappa shape index (κ2) is 10.2. The number of rotatable bonds is 5. The molecule has 0 radical (unpaired) electrons. The van der Waals surface area contributed by atoms with Crippen LogP contribution in [0.15, 0.2) is 54.2 Å². The van der Waals surface area contributed by atoms with Gasteiger partial charge in [0.25, 0.3) is 0 Å². The average Bonchev–Trinajstić information content (AvgIpc) is 2.90. The molecule has 2 aliphatic carbocycles. The molecule has 0 bridgehead atoms. The first kappa shape index (κ1) is 25.9. The van der Waals surface area contributed by atoms with Crippen molar-refractivity contribution in [3.05, 3.63) is 77.0 Å². The lowest BCUT2D eigenvalue weighted by Gasteiger charge is -2.48. The fraction of sp³-hybridized carbons (Fsp3) is 0.387. The normalized spacial score (nSPS) is 23.6. The Labute approximate surface area is 222 Å². The molecule has 0 aliphatic heterocycles. The number of nitrogens with zero attached hydrogens (tertiary/aromatic N) is 3. The SMILES string of the molecule is C/C=C1/C[C@@]2(C)c3nc(-c4ccnc(CCNC(C)=O)c4)nc(-c4ccccc4F)c3CC[C@@H]2[C@@H](C)C1=O. The van der Waals surface area contributed by atoms with E-state index in [-0.39, 0.29) is 34.8 Å². The minimum atomic E-state index is -0.373. The Hall–Kier alpha value is -3.74. The molecule has 3 atom stereocenters. The highest BCUT2D eigenvalue weighted by Gasteiger charge is 2.51. The van der Waals surface area contributed by atoms with E-state index in [0.29, 0.717) is 42.9 Å². The van der Waals surface area contributed by atoms with Gasteiger partial charge >= 0.3 is 0 Å². The van der Waals surface area contributed by atoms with E-state index in [0.717, 1.165) is 34.5 Å². The van der Waals surface area contributed by atoms with E-state index in [2.05, 4.69) is 17.2 Å². The Morgan fingerprint density at radius 1 is 1.24 bits per heavy atom. The number of ketones is 1. The zero-order chi connectivity index (χ0) is 27.0. The van der Waals surface area contributed by atoms with Gasteiger partial charge in [-0.3, -0.25) is 14.6 Å². The zero-order valence-corrected chi connectivity index (χ0v) is 22.3. The van der Waals surface area contributed by atoms with Crippen molar-refractivity contribution in [2.45, 2.75) is 58.8 Å². The van der Waals surface area contributed by atoms with Gasteiger partial charge in [0, 0.05) is 59.8 Å². The number of aromatic nitrogens is 3. The summed E-state index contributed by atoms with van der Waals surface area (Å²) >= 11 is 0. The highest BCUT2D eigenvalue weighted by Crippen LogP contribution is 2.53. The minimum absolute atomic E-state index is 0.0859. The number of benzene rings is 1. The van der Waals surface area contributed by atoms with Crippen LogP contribution in [-0.4, -0.2) is 33.2 Å². The van der Waals surface area contributed by atoms with Gasteiger partial charge in [0.1, 0.15) is 5.82 Å². The summed E-state index contributed by atoms with van der Waals surface area (Å²) in [4.78, 5) is 38.9. The van der Waals surface area contributed by atoms with E-state index in [1.54, 1.807) is 18.3 Å². The third-order valence-corrected chi connectivity index (χ3v) is 8.27. The van der Waals surface area contributed by atoms with Crippen molar-refractivity contribution in [2.24, 2.45) is 11.8 Å². The Kier molecular flexibility index (Phi) is 6.95. The molecule has 196 valence electrons. The molecular formula is C31H33FN4O2. The summed E-state index contributed by atoms with van der Waals surface area (Å²) in [6, 6.07) is 10.5. The zero-order valence-electron chi connectivity index (χ0n) is 22.3. The van der Waals surface area contributed by atoms with Crippen LogP contribution in [0, 0.1) is 17.7 Å². The lowest BCUT2D eigenvalue weighted by Crippen LogP contribution is -2.48. The largest absolute Gasteiger partial charge is 0.356 e. The molecule has 1 saturated carbocycles. The fourth-order valence-corrected chi connectivity index (χ4v) is 6.33. The standard InChI is InChI=1S/C31H33FN4O2/c1-5-20-17-31(4)25(18(2)28(20)38)11-10-24-27(23-8-6-7-9-26(23)32)35-30(36-29(24)31)21-12-14-34-22(16-21)13-15-33-19(3)37/h5-9,12,14,16,18,25H,10-11,13,15,17H2,1-4H3,(H,33,37)/b20-5-/t18-,25-,31-/m1/s1. The summed E-state index contributed by atoms with van der Waals surface area (Å²) in [6.45, 7) is 8.12. The molecule has 6 nitrogen and oxygen atoms in total. The number of hydrogen-bond acceptors (Lipinski definition) is 5. The number of hydrogen-bond donors (Lipinski definition) is 1. The lowest BCUT2D eigenvalue weighted by atomic mass is 9.55. The van der Waals surface area contributed by atoms with E-state index < -0.39 is 0 Å². The summed E-state index contributed by atoms with van der Waals surface area (Å²) < 4.78 is 15.1. The van der Waals surface area contributed by atoms with Crippen LogP contribution in [0.3, 0.4) is 0 Å². The topological polar surface area (TPSA) is 84.8 Å². The first-order valence-electron chi connectivity index (χ1n) is 13.3. The van der Waals surface area contributed by atoms with Crippen molar-refractivity contribution in [1.29, 1.82) is 0 Å². The van der Waals surface area contributed by atoms with Crippen LogP contribution in [0.2, 0.25) is 0 Å². The van der Waals surface area contributed by atoms with E-state index >= 15 is 4.39 Å². The van der Waals surface area contributed by atoms with Crippen LogP contribution in [0.25, 0.3) is 22.6 Å². The maximum Gasteiger partial charge on any atom is 0.216 e. The molecule has 0 unspecified atom stereocenters. The fourth-order valence-electron chi connectivity index (χ4n) is 6.33. The summed E-state index contributed by atoms with van der Waals surface area (Å²) in [7, 11) is 0. The predicted molar refractivity (Wildman–Crippen MR) is 145 cm³/mol. The number of allylic oxidation sites excluding steroid dienone is 2. The molecular weight excluding hydrogens is 479 g/mol. The van der Waals surface area contributed by atoms with Gasteiger partial charge in [0.15, 0.2) is 11.6 Å². The summed E-state index contributed by atoms with van der Waals surface area (Å²) in [5, 5.41) is 2.80. The van der Waals surface area contributed by atoms with Crippen LogP contribution in [0.1, 0.15) is 57.5 Å². The predicted octanol–water partition coefficient (Wildman–Crippen LogP) is 5.40. The van der Waals surface area contributed by atoms with Gasteiger partial charge in [-0.15, -0.1) is 0 Å². The van der Waals surface area contributed by atoms with Crippen molar-refractivity contribution in [3.8, 4) is 22.6 Å². The number of carbonyl (C=O) groups is 2. The van der Waals surface area contributed by atoms with E-state index in [1.165, 1.54) is 13.0 Å². The van der Waals surface area contributed by atoms with Crippen LogP contribution >= 0.6 is 0 Å². The molecule has 7 heteroatoms. The van der Waals surface area contributed by atoms with Gasteiger partial charge in [-0.25, -0.2) is 14.4 Å². The number of amides is 1. The molecule has 2 aromatic heterocycles. The molecule has 1 fully saturated rings. The number of pyridine rings is 1. The molecule has 2 heterocycles. The third kappa shape index (κ3) is 4.55. The monoisotopic (exact) mass is 512 g/mol. The van der Waals surface area contributed by atoms with Gasteiger partial charge in [0.2, 0.25) is 5.91 Å². The first-order valence-corrected chi connectivity index (χ1v) is 13.3. The first-order chi connectivity index (χ1) is 18.2. The Morgan fingerprint density at radius 2 is 2.03 bits per heavy atom. The third-order valence-electron chi connectivity index (χ3n) is 8.27. The van der Waals surface area contributed by atoms with Crippen molar-refractivity contribution >= 4 is 11.7 Å². The second-order valence-electron chi connectivity index (χ2n) is 10.7. The number of nitrogens with one attached hydrogen (secondary N) is 1. The molecule has 0 spiro atoms. The van der Waals surface area contributed by atoms with Crippen molar-refractivity contribution < 1.29 is 14.0 Å². The van der Waals surface area contributed by atoms with Crippen LogP contribution in [-0.2, 0) is 27.8 Å². The van der Waals surface area contributed by atoms with Gasteiger partial charge in [-0.2, -0.15) is 0 Å². The highest BCUT2D eigenvalue weighted by molar-refractivity contribution is 5.98. The Bertz CT molecular complexity index is 1450. The van der Waals surface area contributed by atoms with Gasteiger partial charge in [0.05, 0.1) is 11.4 Å². The maximum atomic E-state index is 15.1. The summed E-state index contributed by atoms with van der Waals surface area (Å²) in [6.07, 6.45) is 6.35. The summed E-state index contributed by atoms with van der Waals surface area (Å²) in [5.74, 6) is 0.368. The van der Waals surface area contributed by atoms with Crippen molar-refractivity contribution in [1.82, 2.24) is 20.3 Å². The second-order valence-corrected chi connectivity index (χ2v) is 10.7. The van der Waals surface area contributed by atoms with E-state index in [4.69, 9.17) is 9.97 Å². The molecule has 1 aromatic carbocycles. The van der Waals surface area contributed by atoms with Crippen LogP contribution in [0.4, 0.5) is 4.39 Å². The van der Waals surface area contributed by atoms with Gasteiger partial charge < -0.3 is 5.32 Å². The van der Waals surface area contributed by atoms with Crippen molar-refractivity contribution in [2.75, 3.05) is 6.54 Å². The molecule has 38 heavy (non-hydrogen) atoms. The maximum absolute atomic E-state index is 15.1. The average molecular weight is 513 g/mol. The van der Waals surface area contributed by atoms with Gasteiger partial charge in [-0.05, 0) is 61.9 Å². The molecule has 2 aliphatic rings.